The van der Waals surface area contributed by atoms with Crippen LogP contribution in [-0.2, 0) is 0 Å². The second-order valence-electron chi connectivity index (χ2n) is 4.88. The zero-order chi connectivity index (χ0) is 12.5. The Labute approximate surface area is 112 Å². The molecule has 1 aromatic carbocycles. The van der Waals surface area contributed by atoms with Gasteiger partial charge in [0.15, 0.2) is 0 Å². The molecule has 0 bridgehead atoms. The van der Waals surface area contributed by atoms with Gasteiger partial charge in [-0.25, -0.2) is 0 Å². The lowest BCUT2D eigenvalue weighted by molar-refractivity contribution is 0.0230. The van der Waals surface area contributed by atoms with Crippen LogP contribution in [0.5, 0.6) is 5.75 Å². The standard InChI is InChI=1S/C14H20BrNO/c1-3-7-14(4-2)9-12(16)11-6-5-10(15)8-13(11)17-14/h5-6,8,12H,3-4,7,9,16H2,1-2H3/t12-,14?/m1/s1. The van der Waals surface area contributed by atoms with Gasteiger partial charge < -0.3 is 10.5 Å². The van der Waals surface area contributed by atoms with E-state index in [1.165, 1.54) is 0 Å². The van der Waals surface area contributed by atoms with Crippen molar-refractivity contribution < 1.29 is 4.74 Å². The fourth-order valence-electron chi connectivity index (χ4n) is 2.69. The molecular weight excluding hydrogens is 278 g/mol. The number of ether oxygens (including phenoxy) is 1. The van der Waals surface area contributed by atoms with Crippen LogP contribution < -0.4 is 10.5 Å². The third-order valence-electron chi connectivity index (χ3n) is 3.64. The van der Waals surface area contributed by atoms with Crippen LogP contribution in [0.4, 0.5) is 0 Å². The average Bonchev–Trinajstić information content (AvgIpc) is 2.28. The van der Waals surface area contributed by atoms with Gasteiger partial charge >= 0.3 is 0 Å². The summed E-state index contributed by atoms with van der Waals surface area (Å²) in [5.74, 6) is 0.952. The number of nitrogens with two attached hydrogens (primary N) is 1. The van der Waals surface area contributed by atoms with Crippen LogP contribution in [0.15, 0.2) is 22.7 Å². The molecule has 2 nitrogen and oxygen atoms in total. The van der Waals surface area contributed by atoms with Gasteiger partial charge in [-0.3, -0.25) is 0 Å². The lowest BCUT2D eigenvalue weighted by atomic mass is 9.83. The molecule has 0 aromatic heterocycles. The fourth-order valence-corrected chi connectivity index (χ4v) is 3.03. The lowest BCUT2D eigenvalue weighted by Gasteiger charge is -2.41. The molecule has 1 aliphatic heterocycles. The summed E-state index contributed by atoms with van der Waals surface area (Å²) in [6, 6.07) is 6.23. The van der Waals surface area contributed by atoms with Crippen molar-refractivity contribution in [1.82, 2.24) is 0 Å². The van der Waals surface area contributed by atoms with E-state index in [0.29, 0.717) is 0 Å². The third kappa shape index (κ3) is 2.50. The summed E-state index contributed by atoms with van der Waals surface area (Å²) in [6.45, 7) is 4.38. The smallest absolute Gasteiger partial charge is 0.126 e. The second-order valence-corrected chi connectivity index (χ2v) is 5.80. The molecule has 0 amide bonds. The molecule has 0 fully saturated rings. The first-order valence-corrected chi connectivity index (χ1v) is 7.13. The molecule has 0 saturated carbocycles. The van der Waals surface area contributed by atoms with E-state index in [1.54, 1.807) is 0 Å². The van der Waals surface area contributed by atoms with Gasteiger partial charge in [-0.2, -0.15) is 0 Å². The van der Waals surface area contributed by atoms with Gasteiger partial charge in [-0.05, 0) is 25.0 Å². The van der Waals surface area contributed by atoms with Crippen LogP contribution in [0.3, 0.4) is 0 Å². The van der Waals surface area contributed by atoms with Crippen molar-refractivity contribution in [1.29, 1.82) is 0 Å². The monoisotopic (exact) mass is 297 g/mol. The van der Waals surface area contributed by atoms with Gasteiger partial charge in [0, 0.05) is 22.5 Å². The van der Waals surface area contributed by atoms with Gasteiger partial charge in [0.05, 0.1) is 0 Å². The number of rotatable bonds is 3. The topological polar surface area (TPSA) is 35.2 Å². The zero-order valence-electron chi connectivity index (χ0n) is 10.5. The Kier molecular flexibility index (Phi) is 3.79. The highest BCUT2D eigenvalue weighted by atomic mass is 79.9. The van der Waals surface area contributed by atoms with E-state index in [9.17, 15) is 0 Å². The first-order chi connectivity index (χ1) is 8.10. The first kappa shape index (κ1) is 12.9. The molecule has 2 N–H and O–H groups in total. The molecule has 1 heterocycles. The minimum Gasteiger partial charge on any atom is -0.487 e. The Balaban J connectivity index is 2.36. The maximum atomic E-state index is 6.28. The highest BCUT2D eigenvalue weighted by molar-refractivity contribution is 9.10. The number of halogens is 1. The van der Waals surface area contributed by atoms with E-state index in [0.717, 1.165) is 41.5 Å². The molecular formula is C14H20BrNO. The van der Waals surface area contributed by atoms with Crippen molar-refractivity contribution in [3.8, 4) is 5.75 Å². The minimum atomic E-state index is -0.0675. The van der Waals surface area contributed by atoms with Crippen molar-refractivity contribution in [2.45, 2.75) is 51.2 Å². The third-order valence-corrected chi connectivity index (χ3v) is 4.14. The van der Waals surface area contributed by atoms with Crippen LogP contribution in [0, 0.1) is 0 Å². The molecule has 1 unspecified atom stereocenters. The summed E-state index contributed by atoms with van der Waals surface area (Å²) < 4.78 is 7.30. The van der Waals surface area contributed by atoms with E-state index in [4.69, 9.17) is 10.5 Å². The molecule has 17 heavy (non-hydrogen) atoms. The molecule has 1 aliphatic rings. The van der Waals surface area contributed by atoms with Gasteiger partial charge in [-0.1, -0.05) is 42.3 Å². The highest BCUT2D eigenvalue weighted by Gasteiger charge is 2.37. The lowest BCUT2D eigenvalue weighted by Crippen LogP contribution is -2.42. The van der Waals surface area contributed by atoms with Crippen molar-refractivity contribution in [2.24, 2.45) is 5.73 Å². The van der Waals surface area contributed by atoms with E-state index in [1.807, 2.05) is 12.1 Å². The summed E-state index contributed by atoms with van der Waals surface area (Å²) in [6.07, 6.45) is 4.14. The summed E-state index contributed by atoms with van der Waals surface area (Å²) in [5.41, 5.74) is 7.35. The molecule has 0 saturated heterocycles. The Morgan fingerprint density at radius 3 is 2.88 bits per heavy atom. The summed E-state index contributed by atoms with van der Waals surface area (Å²) >= 11 is 3.49. The van der Waals surface area contributed by atoms with Crippen LogP contribution in [0.1, 0.15) is 51.1 Å². The van der Waals surface area contributed by atoms with E-state index in [2.05, 4.69) is 35.8 Å². The molecule has 94 valence electrons. The van der Waals surface area contributed by atoms with Gasteiger partial charge in [0.1, 0.15) is 11.4 Å². The normalized spacial score (nSPS) is 27.4. The molecule has 1 aromatic rings. The molecule has 0 radical (unpaired) electrons. The molecule has 0 aliphatic carbocycles. The predicted molar refractivity (Wildman–Crippen MR) is 74.2 cm³/mol. The van der Waals surface area contributed by atoms with E-state index >= 15 is 0 Å². The van der Waals surface area contributed by atoms with Crippen molar-refractivity contribution in [2.75, 3.05) is 0 Å². The quantitative estimate of drug-likeness (QED) is 0.908. The number of fused-ring (bicyclic) bond motifs is 1. The van der Waals surface area contributed by atoms with Gasteiger partial charge in [0.25, 0.3) is 0 Å². The fraction of sp³-hybridized carbons (Fsp3) is 0.571. The van der Waals surface area contributed by atoms with Gasteiger partial charge in [0.2, 0.25) is 0 Å². The average molecular weight is 298 g/mol. The first-order valence-electron chi connectivity index (χ1n) is 6.34. The number of hydrogen-bond acceptors (Lipinski definition) is 2. The largest absolute Gasteiger partial charge is 0.487 e. The summed E-state index contributed by atoms with van der Waals surface area (Å²) in [4.78, 5) is 0. The Morgan fingerprint density at radius 2 is 2.24 bits per heavy atom. The summed E-state index contributed by atoms with van der Waals surface area (Å²) in [7, 11) is 0. The number of benzene rings is 1. The Bertz CT molecular complexity index is 407. The zero-order valence-corrected chi connectivity index (χ0v) is 12.1. The highest BCUT2D eigenvalue weighted by Crippen LogP contribution is 2.43. The van der Waals surface area contributed by atoms with Crippen LogP contribution in [0.2, 0.25) is 0 Å². The number of hydrogen-bond donors (Lipinski definition) is 1. The molecule has 0 spiro atoms. The predicted octanol–water partition coefficient (Wildman–Crippen LogP) is 4.18. The molecule has 2 rings (SSSR count). The maximum absolute atomic E-state index is 6.28. The molecule has 2 atom stereocenters. The van der Waals surface area contributed by atoms with Gasteiger partial charge in [-0.15, -0.1) is 0 Å². The molecule has 3 heteroatoms. The Morgan fingerprint density at radius 1 is 1.47 bits per heavy atom. The Hall–Kier alpha value is -0.540. The maximum Gasteiger partial charge on any atom is 0.126 e. The van der Waals surface area contributed by atoms with E-state index in [-0.39, 0.29) is 11.6 Å². The van der Waals surface area contributed by atoms with E-state index < -0.39 is 0 Å². The SMILES string of the molecule is CCCC1(CC)C[C@@H](N)c2ccc(Br)cc2O1. The van der Waals surface area contributed by atoms with Crippen molar-refractivity contribution in [3.63, 3.8) is 0 Å². The van der Waals surface area contributed by atoms with Crippen molar-refractivity contribution in [3.05, 3.63) is 28.2 Å². The van der Waals surface area contributed by atoms with Crippen LogP contribution in [0.25, 0.3) is 0 Å². The van der Waals surface area contributed by atoms with Crippen LogP contribution >= 0.6 is 15.9 Å². The minimum absolute atomic E-state index is 0.0675. The van der Waals surface area contributed by atoms with Crippen LogP contribution in [-0.4, -0.2) is 5.60 Å². The summed E-state index contributed by atoms with van der Waals surface area (Å²) in [5, 5.41) is 0. The second kappa shape index (κ2) is 4.99. The van der Waals surface area contributed by atoms with Crippen molar-refractivity contribution >= 4 is 15.9 Å².